The summed E-state index contributed by atoms with van der Waals surface area (Å²) in [7, 11) is 0. The first-order chi connectivity index (χ1) is 13.1. The molecule has 0 amide bonds. The van der Waals surface area contributed by atoms with Crippen LogP contribution >= 0.6 is 23.2 Å². The van der Waals surface area contributed by atoms with Crippen LogP contribution in [0, 0.1) is 0 Å². The van der Waals surface area contributed by atoms with Gasteiger partial charge < -0.3 is 23.8 Å². The van der Waals surface area contributed by atoms with E-state index in [-0.39, 0.29) is 24.9 Å². The maximum Gasteiger partial charge on any atom is 0.145 e. The van der Waals surface area contributed by atoms with E-state index in [0.29, 0.717) is 40.4 Å². The monoisotopic (exact) mass is 411 g/mol. The number of rotatable bonds is 5. The normalized spacial score (nSPS) is 30.0. The molecule has 3 aliphatic rings. The third kappa shape index (κ3) is 3.18. The number of aromatic nitrogens is 1. The molecule has 1 N–H and O–H groups in total. The maximum atomic E-state index is 9.89. The standard InChI is InChI=1S/C19H19Cl2NO5/c20-11-2-1-3-12(21)15(11)16-10(17(27-22-16)9-4-5-9)6-24-14-8-26-18-13(23)7-25-19(14)18/h1-3,9,13-14,18-19,23H,4-8H2/t13?,14?,18-,19-/m1/s1. The molecule has 3 heterocycles. The molecule has 0 spiro atoms. The summed E-state index contributed by atoms with van der Waals surface area (Å²) in [5.41, 5.74) is 2.15. The number of aliphatic hydroxyl groups excluding tert-OH is 1. The van der Waals surface area contributed by atoms with Gasteiger partial charge in [0.05, 0.1) is 29.9 Å². The summed E-state index contributed by atoms with van der Waals surface area (Å²) in [6.07, 6.45) is 0.728. The maximum absolute atomic E-state index is 9.89. The lowest BCUT2D eigenvalue weighted by molar-refractivity contribution is -0.0441. The van der Waals surface area contributed by atoms with Crippen LogP contribution in [0.5, 0.6) is 0 Å². The minimum absolute atomic E-state index is 0.247. The number of aliphatic hydroxyl groups is 1. The van der Waals surface area contributed by atoms with Crippen molar-refractivity contribution in [2.24, 2.45) is 0 Å². The van der Waals surface area contributed by atoms with Crippen molar-refractivity contribution in [3.05, 3.63) is 39.6 Å². The summed E-state index contributed by atoms with van der Waals surface area (Å²) >= 11 is 12.8. The Kier molecular flexibility index (Phi) is 4.66. The topological polar surface area (TPSA) is 74.0 Å². The Morgan fingerprint density at radius 2 is 1.85 bits per heavy atom. The summed E-state index contributed by atoms with van der Waals surface area (Å²) in [5.74, 6) is 1.20. The highest BCUT2D eigenvalue weighted by Crippen LogP contribution is 2.46. The van der Waals surface area contributed by atoms with Gasteiger partial charge in [-0.15, -0.1) is 0 Å². The number of nitrogens with zero attached hydrogens (tertiary/aromatic N) is 1. The van der Waals surface area contributed by atoms with Gasteiger partial charge in [-0.05, 0) is 25.0 Å². The number of halogens is 2. The minimum atomic E-state index is -0.598. The largest absolute Gasteiger partial charge is 0.388 e. The molecular formula is C19H19Cl2NO5. The predicted octanol–water partition coefficient (Wildman–Crippen LogP) is 3.57. The third-order valence-electron chi connectivity index (χ3n) is 5.39. The number of hydrogen-bond acceptors (Lipinski definition) is 6. The van der Waals surface area contributed by atoms with E-state index >= 15 is 0 Å². The van der Waals surface area contributed by atoms with Crippen molar-refractivity contribution < 1.29 is 23.8 Å². The first-order valence-electron chi connectivity index (χ1n) is 9.09. The molecule has 6 nitrogen and oxygen atoms in total. The highest BCUT2D eigenvalue weighted by Gasteiger charge is 2.48. The number of ether oxygens (including phenoxy) is 3. The average molecular weight is 412 g/mol. The fraction of sp³-hybridized carbons (Fsp3) is 0.526. The quantitative estimate of drug-likeness (QED) is 0.810. The van der Waals surface area contributed by atoms with E-state index < -0.39 is 6.10 Å². The molecule has 2 unspecified atom stereocenters. The summed E-state index contributed by atoms with van der Waals surface area (Å²) < 4.78 is 23.0. The van der Waals surface area contributed by atoms with Crippen LogP contribution in [-0.2, 0) is 20.8 Å². The molecule has 2 aromatic rings. The van der Waals surface area contributed by atoms with Crippen molar-refractivity contribution in [2.75, 3.05) is 13.2 Å². The van der Waals surface area contributed by atoms with Crippen molar-refractivity contribution in [3.63, 3.8) is 0 Å². The highest BCUT2D eigenvalue weighted by molar-refractivity contribution is 6.39. The summed E-state index contributed by atoms with van der Waals surface area (Å²) in [6, 6.07) is 5.36. The van der Waals surface area contributed by atoms with Crippen LogP contribution in [0.25, 0.3) is 11.3 Å². The van der Waals surface area contributed by atoms with Gasteiger partial charge in [0.15, 0.2) is 0 Å². The van der Waals surface area contributed by atoms with E-state index in [1.165, 1.54) is 0 Å². The zero-order chi connectivity index (χ0) is 18.5. The number of hydrogen-bond donors (Lipinski definition) is 1. The first kappa shape index (κ1) is 17.9. The van der Waals surface area contributed by atoms with E-state index in [1.807, 2.05) is 0 Å². The fourth-order valence-corrected chi connectivity index (χ4v) is 4.40. The Labute approximate surface area is 166 Å². The molecule has 3 fully saturated rings. The first-order valence-corrected chi connectivity index (χ1v) is 9.84. The third-order valence-corrected chi connectivity index (χ3v) is 6.02. The van der Waals surface area contributed by atoms with Crippen LogP contribution in [-0.4, -0.2) is 47.9 Å². The van der Waals surface area contributed by atoms with Crippen LogP contribution in [0.3, 0.4) is 0 Å². The molecule has 1 aromatic carbocycles. The van der Waals surface area contributed by atoms with Crippen molar-refractivity contribution >= 4 is 23.2 Å². The molecule has 0 radical (unpaired) electrons. The van der Waals surface area contributed by atoms with Gasteiger partial charge in [-0.2, -0.15) is 0 Å². The SMILES string of the molecule is OC1CO[C@@H]2C(OCc3c(-c4c(Cl)cccc4Cl)noc3C3CC3)CO[C@H]12. The van der Waals surface area contributed by atoms with Gasteiger partial charge in [-0.25, -0.2) is 0 Å². The van der Waals surface area contributed by atoms with E-state index in [1.54, 1.807) is 18.2 Å². The van der Waals surface area contributed by atoms with Gasteiger partial charge in [-0.1, -0.05) is 34.4 Å². The molecule has 4 atom stereocenters. The van der Waals surface area contributed by atoms with Crippen molar-refractivity contribution in [2.45, 2.75) is 49.8 Å². The summed E-state index contributed by atoms with van der Waals surface area (Å²) in [6.45, 7) is 0.956. The minimum Gasteiger partial charge on any atom is -0.388 e. The Morgan fingerprint density at radius 3 is 2.59 bits per heavy atom. The number of benzene rings is 1. The molecule has 27 heavy (non-hydrogen) atoms. The van der Waals surface area contributed by atoms with Gasteiger partial charge in [-0.3, -0.25) is 0 Å². The van der Waals surface area contributed by atoms with Crippen molar-refractivity contribution in [3.8, 4) is 11.3 Å². The van der Waals surface area contributed by atoms with Crippen LogP contribution in [0.1, 0.15) is 30.1 Å². The second-order valence-electron chi connectivity index (χ2n) is 7.26. The second-order valence-corrected chi connectivity index (χ2v) is 8.07. The van der Waals surface area contributed by atoms with Crippen LogP contribution in [0.2, 0.25) is 10.0 Å². The second kappa shape index (κ2) is 7.03. The molecule has 1 saturated carbocycles. The average Bonchev–Trinajstić information content (AvgIpc) is 3.12. The van der Waals surface area contributed by atoms with E-state index in [0.717, 1.165) is 24.2 Å². The van der Waals surface area contributed by atoms with Crippen molar-refractivity contribution in [1.82, 2.24) is 5.16 Å². The smallest absolute Gasteiger partial charge is 0.145 e. The molecule has 144 valence electrons. The van der Waals surface area contributed by atoms with Gasteiger partial charge in [0.1, 0.15) is 35.9 Å². The lowest BCUT2D eigenvalue weighted by Gasteiger charge is -2.17. The van der Waals surface area contributed by atoms with E-state index in [9.17, 15) is 5.11 Å². The predicted molar refractivity (Wildman–Crippen MR) is 98.0 cm³/mol. The number of fused-ring (bicyclic) bond motifs is 1. The van der Waals surface area contributed by atoms with Crippen LogP contribution in [0.4, 0.5) is 0 Å². The zero-order valence-electron chi connectivity index (χ0n) is 14.4. The van der Waals surface area contributed by atoms with E-state index in [4.69, 9.17) is 41.9 Å². The van der Waals surface area contributed by atoms with Gasteiger partial charge >= 0.3 is 0 Å². The lowest BCUT2D eigenvalue weighted by Crippen LogP contribution is -2.32. The Morgan fingerprint density at radius 1 is 1.11 bits per heavy atom. The van der Waals surface area contributed by atoms with Gasteiger partial charge in [0.2, 0.25) is 0 Å². The molecule has 0 bridgehead atoms. The Bertz CT molecular complexity index is 832. The molecular weight excluding hydrogens is 393 g/mol. The highest BCUT2D eigenvalue weighted by atomic mass is 35.5. The van der Waals surface area contributed by atoms with Crippen LogP contribution < -0.4 is 0 Å². The summed E-state index contributed by atoms with van der Waals surface area (Å²) in [5, 5.41) is 15.2. The van der Waals surface area contributed by atoms with Crippen molar-refractivity contribution in [1.29, 1.82) is 0 Å². The molecule has 1 aromatic heterocycles. The Balaban J connectivity index is 1.43. The fourth-order valence-electron chi connectivity index (χ4n) is 3.83. The van der Waals surface area contributed by atoms with E-state index in [2.05, 4.69) is 5.16 Å². The zero-order valence-corrected chi connectivity index (χ0v) is 15.9. The molecule has 2 aliphatic heterocycles. The summed E-state index contributed by atoms with van der Waals surface area (Å²) in [4.78, 5) is 0. The molecule has 8 heteroatoms. The molecule has 2 saturated heterocycles. The van der Waals surface area contributed by atoms with Gasteiger partial charge in [0.25, 0.3) is 0 Å². The lowest BCUT2D eigenvalue weighted by atomic mass is 10.0. The molecule has 1 aliphatic carbocycles. The van der Waals surface area contributed by atoms with Crippen LogP contribution in [0.15, 0.2) is 22.7 Å². The molecule has 5 rings (SSSR count). The Hall–Kier alpha value is -1.15. The van der Waals surface area contributed by atoms with Gasteiger partial charge in [0, 0.05) is 17.0 Å².